The van der Waals surface area contributed by atoms with Crippen molar-refractivity contribution in [3.63, 3.8) is 0 Å². The molecule has 0 heterocycles. The number of ketones is 1. The molecule has 25 heavy (non-hydrogen) atoms. The van der Waals surface area contributed by atoms with E-state index in [0.717, 1.165) is 16.3 Å². The van der Waals surface area contributed by atoms with Crippen LogP contribution in [-0.4, -0.2) is 19.5 Å². The topological polar surface area (TPSA) is 35.5 Å². The van der Waals surface area contributed by atoms with E-state index in [1.807, 2.05) is 67.6 Å². The lowest BCUT2D eigenvalue weighted by Crippen LogP contribution is -1.96. The van der Waals surface area contributed by atoms with E-state index in [0.29, 0.717) is 23.7 Å². The molecule has 0 aliphatic carbocycles. The number of ether oxygens (including phenoxy) is 2. The Kier molecular flexibility index (Phi) is 5.14. The Labute approximate surface area is 147 Å². The van der Waals surface area contributed by atoms with Crippen LogP contribution in [0.25, 0.3) is 16.8 Å². The molecule has 0 saturated carbocycles. The maximum atomic E-state index is 12.4. The van der Waals surface area contributed by atoms with Crippen molar-refractivity contribution in [1.82, 2.24) is 0 Å². The lowest BCUT2D eigenvalue weighted by molar-refractivity contribution is 0.104. The predicted octanol–water partition coefficient (Wildman–Crippen LogP) is 5.14. The molecule has 0 bridgehead atoms. The van der Waals surface area contributed by atoms with Crippen LogP contribution in [0, 0.1) is 0 Å². The first kappa shape index (κ1) is 16.8. The largest absolute Gasteiger partial charge is 0.493 e. The van der Waals surface area contributed by atoms with Crippen molar-refractivity contribution >= 4 is 22.6 Å². The highest BCUT2D eigenvalue weighted by Crippen LogP contribution is 2.28. The quantitative estimate of drug-likeness (QED) is 0.463. The molecule has 0 aliphatic heterocycles. The highest BCUT2D eigenvalue weighted by Gasteiger charge is 2.06. The molecule has 3 rings (SSSR count). The number of carbonyl (C=O) groups excluding carboxylic acids is 1. The molecule has 0 spiro atoms. The normalized spacial score (nSPS) is 11.0. The first-order valence-electron chi connectivity index (χ1n) is 8.23. The van der Waals surface area contributed by atoms with Crippen LogP contribution in [0.1, 0.15) is 22.8 Å². The van der Waals surface area contributed by atoms with E-state index in [2.05, 4.69) is 0 Å². The van der Waals surface area contributed by atoms with Crippen molar-refractivity contribution in [3.05, 3.63) is 77.9 Å². The minimum absolute atomic E-state index is 0.0291. The molecule has 0 atom stereocenters. The summed E-state index contributed by atoms with van der Waals surface area (Å²) < 4.78 is 10.8. The molecular weight excluding hydrogens is 312 g/mol. The first-order chi connectivity index (χ1) is 12.2. The summed E-state index contributed by atoms with van der Waals surface area (Å²) in [5.74, 6) is 1.32. The van der Waals surface area contributed by atoms with Crippen molar-refractivity contribution in [2.24, 2.45) is 0 Å². The Balaban J connectivity index is 1.81. The van der Waals surface area contributed by atoms with Crippen LogP contribution in [-0.2, 0) is 0 Å². The average Bonchev–Trinajstić information content (AvgIpc) is 2.66. The highest BCUT2D eigenvalue weighted by atomic mass is 16.5. The van der Waals surface area contributed by atoms with E-state index in [9.17, 15) is 4.79 Å². The highest BCUT2D eigenvalue weighted by molar-refractivity contribution is 6.08. The summed E-state index contributed by atoms with van der Waals surface area (Å²) in [4.78, 5) is 12.4. The minimum Gasteiger partial charge on any atom is -0.493 e. The van der Waals surface area contributed by atoms with Crippen molar-refractivity contribution in [2.45, 2.75) is 6.92 Å². The molecule has 0 aromatic heterocycles. The van der Waals surface area contributed by atoms with E-state index in [1.54, 1.807) is 19.3 Å². The summed E-state index contributed by atoms with van der Waals surface area (Å²) in [7, 11) is 1.60. The molecule has 0 radical (unpaired) electrons. The van der Waals surface area contributed by atoms with Gasteiger partial charge in [0, 0.05) is 5.56 Å². The van der Waals surface area contributed by atoms with Crippen LogP contribution in [0.5, 0.6) is 11.5 Å². The zero-order valence-corrected chi connectivity index (χ0v) is 14.4. The number of methoxy groups -OCH3 is 1. The Bertz CT molecular complexity index is 925. The molecule has 0 saturated heterocycles. The van der Waals surface area contributed by atoms with Crippen molar-refractivity contribution in [3.8, 4) is 11.5 Å². The zero-order chi connectivity index (χ0) is 17.6. The van der Waals surface area contributed by atoms with E-state index >= 15 is 0 Å². The van der Waals surface area contributed by atoms with Crippen molar-refractivity contribution < 1.29 is 14.3 Å². The summed E-state index contributed by atoms with van der Waals surface area (Å²) >= 11 is 0. The van der Waals surface area contributed by atoms with Crippen LogP contribution in [0.4, 0.5) is 0 Å². The summed E-state index contributed by atoms with van der Waals surface area (Å²) in [6, 6.07) is 19.3. The molecule has 3 aromatic carbocycles. The summed E-state index contributed by atoms with van der Waals surface area (Å²) in [6.07, 6.45) is 3.37. The molecule has 3 heteroatoms. The third kappa shape index (κ3) is 3.89. The van der Waals surface area contributed by atoms with Gasteiger partial charge in [-0.15, -0.1) is 0 Å². The van der Waals surface area contributed by atoms with E-state index in [1.165, 1.54) is 0 Å². The van der Waals surface area contributed by atoms with Crippen LogP contribution in [0.15, 0.2) is 66.7 Å². The van der Waals surface area contributed by atoms with Gasteiger partial charge in [-0.3, -0.25) is 4.79 Å². The summed E-state index contributed by atoms with van der Waals surface area (Å²) in [5.41, 5.74) is 1.56. The smallest absolute Gasteiger partial charge is 0.185 e. The molecule has 0 unspecified atom stereocenters. The molecule has 3 nitrogen and oxygen atoms in total. The summed E-state index contributed by atoms with van der Waals surface area (Å²) in [6.45, 7) is 2.50. The molecule has 0 aliphatic rings. The predicted molar refractivity (Wildman–Crippen MR) is 101 cm³/mol. The number of hydrogen-bond acceptors (Lipinski definition) is 3. The van der Waals surface area contributed by atoms with Gasteiger partial charge in [-0.1, -0.05) is 48.5 Å². The van der Waals surface area contributed by atoms with E-state index < -0.39 is 0 Å². The van der Waals surface area contributed by atoms with Crippen LogP contribution >= 0.6 is 0 Å². The van der Waals surface area contributed by atoms with Gasteiger partial charge in [-0.2, -0.15) is 0 Å². The Morgan fingerprint density at radius 3 is 2.52 bits per heavy atom. The number of fused-ring (bicyclic) bond motifs is 1. The second-order valence-corrected chi connectivity index (χ2v) is 5.60. The number of allylic oxidation sites excluding steroid dienone is 1. The second-order valence-electron chi connectivity index (χ2n) is 5.60. The first-order valence-corrected chi connectivity index (χ1v) is 8.23. The average molecular weight is 332 g/mol. The van der Waals surface area contributed by atoms with Gasteiger partial charge in [-0.05, 0) is 47.5 Å². The lowest BCUT2D eigenvalue weighted by atomic mass is 10.0. The molecule has 0 N–H and O–H groups in total. The maximum absolute atomic E-state index is 12.4. The zero-order valence-electron chi connectivity index (χ0n) is 14.4. The van der Waals surface area contributed by atoms with Crippen LogP contribution in [0.3, 0.4) is 0 Å². The third-order valence-electron chi connectivity index (χ3n) is 3.95. The standard InChI is InChI=1S/C22H20O3/c1-3-25-21-13-9-16(14-22(21)24-2)8-12-20(23)19-11-10-17-6-4-5-7-18(17)15-19/h4-15H,3H2,1-2H3. The van der Waals surface area contributed by atoms with Crippen molar-refractivity contribution in [1.29, 1.82) is 0 Å². The van der Waals surface area contributed by atoms with Crippen molar-refractivity contribution in [2.75, 3.05) is 13.7 Å². The summed E-state index contributed by atoms with van der Waals surface area (Å²) in [5, 5.41) is 2.18. The van der Waals surface area contributed by atoms with Crippen LogP contribution in [0.2, 0.25) is 0 Å². The van der Waals surface area contributed by atoms with Gasteiger partial charge in [0.15, 0.2) is 17.3 Å². The monoisotopic (exact) mass is 332 g/mol. The van der Waals surface area contributed by atoms with Gasteiger partial charge in [0.05, 0.1) is 13.7 Å². The fourth-order valence-electron chi connectivity index (χ4n) is 2.67. The number of rotatable bonds is 6. The van der Waals surface area contributed by atoms with E-state index in [4.69, 9.17) is 9.47 Å². The number of carbonyl (C=O) groups is 1. The maximum Gasteiger partial charge on any atom is 0.185 e. The molecule has 0 amide bonds. The second kappa shape index (κ2) is 7.67. The van der Waals surface area contributed by atoms with Gasteiger partial charge in [0.25, 0.3) is 0 Å². The fraction of sp³-hybridized carbons (Fsp3) is 0.136. The molecule has 126 valence electrons. The third-order valence-corrected chi connectivity index (χ3v) is 3.95. The number of hydrogen-bond donors (Lipinski definition) is 0. The van der Waals surface area contributed by atoms with Gasteiger partial charge in [-0.25, -0.2) is 0 Å². The molecule has 0 fully saturated rings. The SMILES string of the molecule is CCOc1ccc(C=CC(=O)c2ccc3ccccc3c2)cc1OC. The van der Waals surface area contributed by atoms with Crippen LogP contribution < -0.4 is 9.47 Å². The Morgan fingerprint density at radius 1 is 0.960 bits per heavy atom. The van der Waals surface area contributed by atoms with Gasteiger partial charge < -0.3 is 9.47 Å². The fourth-order valence-corrected chi connectivity index (χ4v) is 2.67. The Morgan fingerprint density at radius 2 is 1.76 bits per heavy atom. The lowest BCUT2D eigenvalue weighted by Gasteiger charge is -2.09. The molecule has 3 aromatic rings. The Hall–Kier alpha value is -3.07. The molecular formula is C22H20O3. The number of benzene rings is 3. The van der Waals surface area contributed by atoms with E-state index in [-0.39, 0.29) is 5.78 Å². The van der Waals surface area contributed by atoms with Gasteiger partial charge in [0.2, 0.25) is 0 Å². The minimum atomic E-state index is -0.0291. The van der Waals surface area contributed by atoms with Gasteiger partial charge >= 0.3 is 0 Å². The van der Waals surface area contributed by atoms with Gasteiger partial charge in [0.1, 0.15) is 0 Å².